The molecular weight excluding hydrogens is 256 g/mol. The van der Waals surface area contributed by atoms with Crippen molar-refractivity contribution in [1.29, 1.82) is 0 Å². The maximum atomic E-state index is 9.82. The molecule has 2 aromatic rings. The lowest BCUT2D eigenvalue weighted by molar-refractivity contribution is -0.0203. The van der Waals surface area contributed by atoms with Gasteiger partial charge in [-0.2, -0.15) is 4.98 Å². The van der Waals surface area contributed by atoms with Gasteiger partial charge in [-0.15, -0.1) is 0 Å². The van der Waals surface area contributed by atoms with Crippen molar-refractivity contribution in [2.45, 2.75) is 33.8 Å². The van der Waals surface area contributed by atoms with Crippen LogP contribution in [0.4, 0.5) is 0 Å². The first-order valence-corrected chi connectivity index (χ1v) is 6.67. The Labute approximate surface area is 118 Å². The Morgan fingerprint density at radius 3 is 2.60 bits per heavy atom. The number of para-hydroxylation sites is 1. The maximum Gasteiger partial charge on any atom is 0.261 e. The summed E-state index contributed by atoms with van der Waals surface area (Å²) in [4.78, 5) is 4.36. The van der Waals surface area contributed by atoms with Crippen molar-refractivity contribution in [1.82, 2.24) is 10.1 Å². The molecule has 108 valence electrons. The van der Waals surface area contributed by atoms with E-state index in [1.807, 2.05) is 13.0 Å². The van der Waals surface area contributed by atoms with Gasteiger partial charge in [0.1, 0.15) is 11.9 Å². The van der Waals surface area contributed by atoms with Crippen molar-refractivity contribution in [3.63, 3.8) is 0 Å². The monoisotopic (exact) mass is 276 g/mol. The van der Waals surface area contributed by atoms with Crippen molar-refractivity contribution in [3.05, 3.63) is 30.1 Å². The highest BCUT2D eigenvalue weighted by Gasteiger charge is 2.31. The van der Waals surface area contributed by atoms with Crippen LogP contribution in [0.5, 0.6) is 5.75 Å². The molecule has 5 nitrogen and oxygen atoms in total. The van der Waals surface area contributed by atoms with Gasteiger partial charge < -0.3 is 14.4 Å². The number of nitrogens with zero attached hydrogens (tertiary/aromatic N) is 2. The van der Waals surface area contributed by atoms with Gasteiger partial charge in [-0.25, -0.2) is 0 Å². The third-order valence-corrected chi connectivity index (χ3v) is 2.93. The zero-order chi connectivity index (χ0) is 14.8. The van der Waals surface area contributed by atoms with Crippen LogP contribution in [-0.2, 0) is 4.74 Å². The third kappa shape index (κ3) is 2.99. The van der Waals surface area contributed by atoms with Crippen LogP contribution in [0.25, 0.3) is 11.5 Å². The fourth-order valence-corrected chi connectivity index (χ4v) is 1.98. The molecule has 0 aliphatic heterocycles. The first-order valence-electron chi connectivity index (χ1n) is 6.67. The first-order chi connectivity index (χ1) is 9.43. The van der Waals surface area contributed by atoms with Crippen LogP contribution in [0.2, 0.25) is 0 Å². The molecule has 0 aliphatic carbocycles. The van der Waals surface area contributed by atoms with E-state index in [1.165, 1.54) is 0 Å². The lowest BCUT2D eigenvalue weighted by Gasteiger charge is -2.27. The SMILES string of the molecule is CCOC(c1noc(-c2ccccc2O)n1)C(C)(C)C. The van der Waals surface area contributed by atoms with E-state index in [1.54, 1.807) is 18.2 Å². The molecule has 1 atom stereocenters. The molecule has 0 saturated carbocycles. The summed E-state index contributed by atoms with van der Waals surface area (Å²) in [5.41, 5.74) is 0.381. The summed E-state index contributed by atoms with van der Waals surface area (Å²) in [5.74, 6) is 0.913. The number of phenolic OH excluding ortho intramolecular Hbond substituents is 1. The highest BCUT2D eigenvalue weighted by Crippen LogP contribution is 2.36. The maximum absolute atomic E-state index is 9.82. The minimum atomic E-state index is -0.254. The second-order valence-electron chi connectivity index (χ2n) is 5.68. The number of benzene rings is 1. The van der Waals surface area contributed by atoms with Gasteiger partial charge in [0, 0.05) is 6.61 Å². The van der Waals surface area contributed by atoms with Crippen molar-refractivity contribution >= 4 is 0 Å². The predicted molar refractivity (Wildman–Crippen MR) is 75.2 cm³/mol. The number of hydrogen-bond acceptors (Lipinski definition) is 5. The molecule has 0 radical (unpaired) electrons. The predicted octanol–water partition coefficient (Wildman–Crippen LogP) is 3.57. The Hall–Kier alpha value is -1.88. The smallest absolute Gasteiger partial charge is 0.261 e. The second kappa shape index (κ2) is 5.63. The Kier molecular flexibility index (Phi) is 4.09. The van der Waals surface area contributed by atoms with Crippen LogP contribution < -0.4 is 0 Å². The molecule has 0 aliphatic rings. The highest BCUT2D eigenvalue weighted by atomic mass is 16.5. The van der Waals surface area contributed by atoms with E-state index in [0.717, 1.165) is 0 Å². The summed E-state index contributed by atoms with van der Waals surface area (Å²) < 4.78 is 11.0. The molecule has 1 unspecified atom stereocenters. The van der Waals surface area contributed by atoms with E-state index in [2.05, 4.69) is 30.9 Å². The van der Waals surface area contributed by atoms with Gasteiger partial charge >= 0.3 is 0 Å². The van der Waals surface area contributed by atoms with E-state index < -0.39 is 0 Å². The van der Waals surface area contributed by atoms with Crippen LogP contribution in [-0.4, -0.2) is 21.9 Å². The summed E-state index contributed by atoms with van der Waals surface area (Å²) >= 11 is 0. The summed E-state index contributed by atoms with van der Waals surface area (Å²) in [7, 11) is 0. The molecule has 0 saturated heterocycles. The number of aromatic hydroxyl groups is 1. The molecule has 0 fully saturated rings. The normalized spacial score (nSPS) is 13.4. The molecule has 1 N–H and O–H groups in total. The lowest BCUT2D eigenvalue weighted by Crippen LogP contribution is -2.22. The number of phenols is 1. The summed E-state index contributed by atoms with van der Waals surface area (Å²) in [6, 6.07) is 6.87. The molecule has 2 rings (SSSR count). The van der Waals surface area contributed by atoms with E-state index in [-0.39, 0.29) is 17.3 Å². The van der Waals surface area contributed by atoms with Gasteiger partial charge in [-0.3, -0.25) is 0 Å². The van der Waals surface area contributed by atoms with Crippen molar-refractivity contribution in [3.8, 4) is 17.2 Å². The summed E-state index contributed by atoms with van der Waals surface area (Å²) in [5, 5.41) is 13.8. The largest absolute Gasteiger partial charge is 0.507 e. The van der Waals surface area contributed by atoms with Crippen molar-refractivity contribution < 1.29 is 14.4 Å². The van der Waals surface area contributed by atoms with E-state index >= 15 is 0 Å². The van der Waals surface area contributed by atoms with Gasteiger partial charge in [0.2, 0.25) is 5.82 Å². The quantitative estimate of drug-likeness (QED) is 0.924. The Morgan fingerprint density at radius 2 is 2.00 bits per heavy atom. The minimum Gasteiger partial charge on any atom is -0.507 e. The van der Waals surface area contributed by atoms with Crippen LogP contribution in [0.15, 0.2) is 28.8 Å². The van der Waals surface area contributed by atoms with Crippen LogP contribution in [0, 0.1) is 5.41 Å². The third-order valence-electron chi connectivity index (χ3n) is 2.93. The standard InChI is InChI=1S/C15H20N2O3/c1-5-19-12(15(2,3)4)13-16-14(20-17-13)10-8-6-7-9-11(10)18/h6-9,12,18H,5H2,1-4H3. The van der Waals surface area contributed by atoms with Gasteiger partial charge in [0.25, 0.3) is 5.89 Å². The molecule has 0 bridgehead atoms. The van der Waals surface area contributed by atoms with Gasteiger partial charge in [0.05, 0.1) is 5.56 Å². The van der Waals surface area contributed by atoms with Crippen LogP contribution in [0.3, 0.4) is 0 Å². The van der Waals surface area contributed by atoms with E-state index in [4.69, 9.17) is 9.26 Å². The number of rotatable bonds is 4. The van der Waals surface area contributed by atoms with Crippen molar-refractivity contribution in [2.24, 2.45) is 5.41 Å². The molecule has 0 amide bonds. The highest BCUT2D eigenvalue weighted by molar-refractivity contribution is 5.61. The average molecular weight is 276 g/mol. The lowest BCUT2D eigenvalue weighted by atomic mass is 9.88. The van der Waals surface area contributed by atoms with Crippen LogP contribution in [0.1, 0.15) is 39.6 Å². The summed E-state index contributed by atoms with van der Waals surface area (Å²) in [6.45, 7) is 8.68. The molecule has 20 heavy (non-hydrogen) atoms. The zero-order valence-electron chi connectivity index (χ0n) is 12.3. The second-order valence-corrected chi connectivity index (χ2v) is 5.68. The Balaban J connectivity index is 2.35. The number of aromatic nitrogens is 2. The first kappa shape index (κ1) is 14.5. The number of hydrogen-bond donors (Lipinski definition) is 1. The van der Waals surface area contributed by atoms with Gasteiger partial charge in [-0.1, -0.05) is 38.1 Å². The zero-order valence-corrected chi connectivity index (χ0v) is 12.3. The van der Waals surface area contributed by atoms with E-state index in [9.17, 15) is 5.11 Å². The van der Waals surface area contributed by atoms with E-state index in [0.29, 0.717) is 23.9 Å². The Bertz CT molecular complexity index is 572. The summed E-state index contributed by atoms with van der Waals surface area (Å²) in [6.07, 6.45) is -0.254. The molecule has 1 aromatic heterocycles. The van der Waals surface area contributed by atoms with Gasteiger partial charge in [-0.05, 0) is 24.5 Å². The molecule has 0 spiro atoms. The van der Waals surface area contributed by atoms with Crippen LogP contribution >= 0.6 is 0 Å². The molecule has 1 aromatic carbocycles. The topological polar surface area (TPSA) is 68.4 Å². The average Bonchev–Trinajstić information content (AvgIpc) is 2.84. The molecule has 5 heteroatoms. The molecule has 1 heterocycles. The van der Waals surface area contributed by atoms with Gasteiger partial charge in [0.15, 0.2) is 0 Å². The molecular formula is C15H20N2O3. The van der Waals surface area contributed by atoms with Crippen molar-refractivity contribution in [2.75, 3.05) is 6.61 Å². The fourth-order valence-electron chi connectivity index (χ4n) is 1.98. The minimum absolute atomic E-state index is 0.117. The fraction of sp³-hybridized carbons (Fsp3) is 0.467. The Morgan fingerprint density at radius 1 is 1.30 bits per heavy atom. The number of ether oxygens (including phenoxy) is 1.